The van der Waals surface area contributed by atoms with Gasteiger partial charge in [0.1, 0.15) is 0 Å². The van der Waals surface area contributed by atoms with Crippen molar-refractivity contribution in [2.75, 3.05) is 19.6 Å². The highest BCUT2D eigenvalue weighted by Gasteiger charge is 2.20. The zero-order chi connectivity index (χ0) is 12.4. The first-order valence-electron chi connectivity index (χ1n) is 6.14. The van der Waals surface area contributed by atoms with Crippen LogP contribution in [0.5, 0.6) is 0 Å². The van der Waals surface area contributed by atoms with Crippen LogP contribution in [0, 0.1) is 0 Å². The Morgan fingerprint density at radius 3 is 1.88 bits per heavy atom. The van der Waals surface area contributed by atoms with Gasteiger partial charge in [-0.1, -0.05) is 13.3 Å². The first-order chi connectivity index (χ1) is 7.43. The third kappa shape index (κ3) is 13.7. The molecule has 98 valence electrons. The van der Waals surface area contributed by atoms with Crippen molar-refractivity contribution in [3.8, 4) is 0 Å². The molecule has 0 amide bonds. The van der Waals surface area contributed by atoms with E-state index < -0.39 is 7.25 Å². The van der Waals surface area contributed by atoms with Gasteiger partial charge >= 0.3 is 7.25 Å². The topological polar surface area (TPSA) is 4.44 Å². The van der Waals surface area contributed by atoms with E-state index >= 15 is 0 Å². The quantitative estimate of drug-likeness (QED) is 0.439. The molecule has 1 aliphatic heterocycles. The smallest absolute Gasteiger partial charge is 0.418 e. The van der Waals surface area contributed by atoms with Gasteiger partial charge in [0.25, 0.3) is 0 Å². The van der Waals surface area contributed by atoms with E-state index in [1.807, 2.05) is 4.90 Å². The van der Waals surface area contributed by atoms with Crippen molar-refractivity contribution in [2.24, 2.45) is 0 Å². The number of halogens is 4. The van der Waals surface area contributed by atoms with Gasteiger partial charge in [0, 0.05) is 0 Å². The second kappa shape index (κ2) is 8.85. The second-order valence-corrected chi connectivity index (χ2v) is 4.26. The number of likely N-dealkylation sites (tertiary alicyclic amines) is 1. The Morgan fingerprint density at radius 2 is 1.44 bits per heavy atom. The zero-order valence-corrected chi connectivity index (χ0v) is 9.95. The Bertz CT molecular complexity index is 151. The maximum atomic E-state index is 9.75. The van der Waals surface area contributed by atoms with Gasteiger partial charge in [0.2, 0.25) is 0 Å². The third-order valence-electron chi connectivity index (χ3n) is 2.69. The van der Waals surface area contributed by atoms with Crippen LogP contribution < -0.4 is 4.90 Å². The predicted octanol–water partition coefficient (Wildman–Crippen LogP) is 2.55. The normalized spacial score (nSPS) is 17.8. The summed E-state index contributed by atoms with van der Waals surface area (Å²) in [5.41, 5.74) is 0. The molecule has 1 heterocycles. The summed E-state index contributed by atoms with van der Waals surface area (Å²) in [5, 5.41) is 0. The minimum absolute atomic E-state index is 1.37. The number of quaternary nitrogens is 1. The first kappa shape index (κ1) is 15.7. The molecule has 0 radical (unpaired) electrons. The van der Waals surface area contributed by atoms with Crippen LogP contribution in [0.25, 0.3) is 0 Å². The van der Waals surface area contributed by atoms with Crippen molar-refractivity contribution in [2.45, 2.75) is 45.4 Å². The maximum absolute atomic E-state index is 9.75. The van der Waals surface area contributed by atoms with E-state index in [0.717, 1.165) is 0 Å². The standard InChI is InChI=1S/C10H21N.BF4/c1-2-3-5-8-11-9-6-4-7-10-11;2-1(3,4)5/h2-10H2,1H3;/q;-1/p+1. The molecule has 6 heteroatoms. The zero-order valence-electron chi connectivity index (χ0n) is 9.95. The average molecular weight is 243 g/mol. The molecule has 0 aromatic rings. The van der Waals surface area contributed by atoms with E-state index in [2.05, 4.69) is 6.92 Å². The van der Waals surface area contributed by atoms with Crippen LogP contribution in [-0.4, -0.2) is 26.9 Å². The summed E-state index contributed by atoms with van der Waals surface area (Å²) in [6.07, 6.45) is 8.68. The van der Waals surface area contributed by atoms with E-state index in [1.54, 1.807) is 0 Å². The summed E-state index contributed by atoms with van der Waals surface area (Å²) in [7, 11) is -6.00. The molecule has 1 fully saturated rings. The Kier molecular flexibility index (Phi) is 8.71. The largest absolute Gasteiger partial charge is 0.673 e. The van der Waals surface area contributed by atoms with Crippen LogP contribution in [0.3, 0.4) is 0 Å². The van der Waals surface area contributed by atoms with Crippen LogP contribution in [0.1, 0.15) is 45.4 Å². The van der Waals surface area contributed by atoms with Gasteiger partial charge in [0.15, 0.2) is 0 Å². The number of nitrogens with one attached hydrogen (secondary N) is 1. The van der Waals surface area contributed by atoms with Crippen LogP contribution in [0.15, 0.2) is 0 Å². The van der Waals surface area contributed by atoms with E-state index in [1.165, 1.54) is 58.2 Å². The van der Waals surface area contributed by atoms with Gasteiger partial charge in [-0.25, -0.2) is 0 Å². The molecule has 0 bridgehead atoms. The maximum Gasteiger partial charge on any atom is 0.673 e. The third-order valence-corrected chi connectivity index (χ3v) is 2.69. The molecule has 1 aliphatic rings. The molecular formula is C10H22BF4N. The predicted molar refractivity (Wildman–Crippen MR) is 59.1 cm³/mol. The molecule has 0 aromatic heterocycles. The minimum atomic E-state index is -6.00. The molecule has 0 atom stereocenters. The highest BCUT2D eigenvalue weighted by atomic mass is 19.5. The number of hydrogen-bond acceptors (Lipinski definition) is 0. The van der Waals surface area contributed by atoms with E-state index in [4.69, 9.17) is 0 Å². The summed E-state index contributed by atoms with van der Waals surface area (Å²) in [4.78, 5) is 1.87. The number of rotatable bonds is 4. The van der Waals surface area contributed by atoms with Gasteiger partial charge in [0.05, 0.1) is 19.6 Å². The first-order valence-corrected chi connectivity index (χ1v) is 6.14. The summed E-state index contributed by atoms with van der Waals surface area (Å²) < 4.78 is 39.0. The number of unbranched alkanes of at least 4 members (excludes halogenated alkanes) is 2. The van der Waals surface area contributed by atoms with Gasteiger partial charge in [-0.15, -0.1) is 0 Å². The SMILES string of the molecule is CCCCC[NH+]1CCCCC1.F[B-](F)(F)F. The highest BCUT2D eigenvalue weighted by Crippen LogP contribution is 2.06. The fraction of sp³-hybridized carbons (Fsp3) is 1.00. The van der Waals surface area contributed by atoms with Crippen LogP contribution in [-0.2, 0) is 0 Å². The van der Waals surface area contributed by atoms with Crippen molar-refractivity contribution >= 4 is 7.25 Å². The molecule has 0 aromatic carbocycles. The van der Waals surface area contributed by atoms with Crippen molar-refractivity contribution in [3.63, 3.8) is 0 Å². The minimum Gasteiger partial charge on any atom is -0.418 e. The highest BCUT2D eigenvalue weighted by molar-refractivity contribution is 6.50. The van der Waals surface area contributed by atoms with Gasteiger partial charge in [-0.3, -0.25) is 0 Å². The molecule has 16 heavy (non-hydrogen) atoms. The molecule has 0 unspecified atom stereocenters. The van der Waals surface area contributed by atoms with Crippen LogP contribution in [0.4, 0.5) is 17.3 Å². The number of hydrogen-bond donors (Lipinski definition) is 1. The lowest BCUT2D eigenvalue weighted by Gasteiger charge is -2.23. The molecule has 1 rings (SSSR count). The number of piperidine rings is 1. The molecular weight excluding hydrogens is 221 g/mol. The van der Waals surface area contributed by atoms with E-state index in [9.17, 15) is 17.3 Å². The Balaban J connectivity index is 0.000000385. The molecule has 1 N–H and O–H groups in total. The van der Waals surface area contributed by atoms with E-state index in [0.29, 0.717) is 0 Å². The Labute approximate surface area is 95.3 Å². The Morgan fingerprint density at radius 1 is 0.938 bits per heavy atom. The Hall–Kier alpha value is -0.255. The van der Waals surface area contributed by atoms with E-state index in [-0.39, 0.29) is 0 Å². The summed E-state index contributed by atoms with van der Waals surface area (Å²) in [5.74, 6) is 0. The fourth-order valence-electron chi connectivity index (χ4n) is 1.93. The lowest BCUT2D eigenvalue weighted by Crippen LogP contribution is -3.12. The monoisotopic (exact) mass is 243 g/mol. The van der Waals surface area contributed by atoms with Crippen molar-refractivity contribution in [1.29, 1.82) is 0 Å². The molecule has 1 nitrogen and oxygen atoms in total. The molecule has 0 aliphatic carbocycles. The van der Waals surface area contributed by atoms with Gasteiger partial charge in [-0.05, 0) is 32.1 Å². The lowest BCUT2D eigenvalue weighted by atomic mass is 10.1. The summed E-state index contributed by atoms with van der Waals surface area (Å²) in [6.45, 7) is 6.62. The lowest BCUT2D eigenvalue weighted by molar-refractivity contribution is -0.905. The fourth-order valence-corrected chi connectivity index (χ4v) is 1.93. The average Bonchev–Trinajstić information content (AvgIpc) is 2.17. The molecule has 0 spiro atoms. The van der Waals surface area contributed by atoms with Crippen LogP contribution >= 0.6 is 0 Å². The van der Waals surface area contributed by atoms with Crippen molar-refractivity contribution in [1.82, 2.24) is 0 Å². The molecule has 0 saturated carbocycles. The van der Waals surface area contributed by atoms with Gasteiger partial charge in [-0.2, -0.15) is 0 Å². The van der Waals surface area contributed by atoms with Gasteiger partial charge < -0.3 is 22.2 Å². The van der Waals surface area contributed by atoms with Crippen molar-refractivity contribution in [3.05, 3.63) is 0 Å². The summed E-state index contributed by atoms with van der Waals surface area (Å²) in [6, 6.07) is 0. The summed E-state index contributed by atoms with van der Waals surface area (Å²) >= 11 is 0. The molecule has 1 saturated heterocycles. The second-order valence-electron chi connectivity index (χ2n) is 4.26. The van der Waals surface area contributed by atoms with Crippen LogP contribution in [0.2, 0.25) is 0 Å². The van der Waals surface area contributed by atoms with Crippen molar-refractivity contribution < 1.29 is 22.2 Å².